The lowest BCUT2D eigenvalue weighted by Gasteiger charge is -2.00. The van der Waals surface area contributed by atoms with E-state index in [1.807, 2.05) is 13.0 Å². The Labute approximate surface area is 88.9 Å². The first kappa shape index (κ1) is 11.5. The largest absolute Gasteiger partial charge is 0.452 e. The number of rotatable bonds is 5. The van der Waals surface area contributed by atoms with Crippen LogP contribution in [0.1, 0.15) is 23.2 Å². The number of furan rings is 1. The minimum absolute atomic E-state index is 0.220. The van der Waals surface area contributed by atoms with Gasteiger partial charge < -0.3 is 14.5 Å². The second-order valence-corrected chi connectivity index (χ2v) is 2.95. The molecule has 0 radical (unpaired) electrons. The van der Waals surface area contributed by atoms with Crippen LogP contribution in [0.15, 0.2) is 22.6 Å². The second-order valence-electron chi connectivity index (χ2n) is 2.95. The van der Waals surface area contributed by atoms with Gasteiger partial charge in [-0.05, 0) is 25.1 Å². The maximum atomic E-state index is 11.5. The van der Waals surface area contributed by atoms with Gasteiger partial charge in [0.2, 0.25) is 0 Å². The van der Waals surface area contributed by atoms with Crippen molar-refractivity contribution in [2.45, 2.75) is 6.92 Å². The molecule has 0 aliphatic carbocycles. The number of ether oxygens (including phenoxy) is 1. The molecule has 1 N–H and O–H groups in total. The highest BCUT2D eigenvalue weighted by molar-refractivity contribution is 5.91. The summed E-state index contributed by atoms with van der Waals surface area (Å²) in [5.41, 5.74) is 0. The number of amides is 1. The maximum Gasteiger partial charge on any atom is 0.287 e. The highest BCUT2D eigenvalue weighted by Gasteiger charge is 2.08. The number of carbonyl (C=O) groups excluding carboxylic acids is 1. The van der Waals surface area contributed by atoms with Crippen LogP contribution in [0.2, 0.25) is 0 Å². The fraction of sp³-hybridized carbons (Fsp3) is 0.364. The van der Waals surface area contributed by atoms with Crippen molar-refractivity contribution in [3.63, 3.8) is 0 Å². The average Bonchev–Trinajstić information content (AvgIpc) is 2.67. The number of carbonyl (C=O) groups is 1. The predicted octanol–water partition coefficient (Wildman–Crippen LogP) is 1.69. The number of nitrogens with one attached hydrogen (secondary N) is 1. The summed E-state index contributed by atoms with van der Waals surface area (Å²) in [6.07, 6.45) is 3.65. The van der Waals surface area contributed by atoms with Crippen molar-refractivity contribution in [3.05, 3.63) is 29.7 Å². The summed E-state index contributed by atoms with van der Waals surface area (Å²) >= 11 is 0. The van der Waals surface area contributed by atoms with Gasteiger partial charge in [0.25, 0.3) is 5.91 Å². The SMILES string of the molecule is C/C=C/c1ccc(C(=O)NCCOC)o1. The Hall–Kier alpha value is -1.55. The molecule has 4 heteroatoms. The molecule has 1 heterocycles. The van der Waals surface area contributed by atoms with E-state index in [4.69, 9.17) is 9.15 Å². The van der Waals surface area contributed by atoms with Crippen LogP contribution in [-0.2, 0) is 4.74 Å². The Balaban J connectivity index is 2.50. The van der Waals surface area contributed by atoms with Crippen molar-refractivity contribution in [3.8, 4) is 0 Å². The van der Waals surface area contributed by atoms with Crippen LogP contribution in [0, 0.1) is 0 Å². The van der Waals surface area contributed by atoms with Crippen molar-refractivity contribution in [1.29, 1.82) is 0 Å². The van der Waals surface area contributed by atoms with Crippen molar-refractivity contribution in [2.24, 2.45) is 0 Å². The molecular formula is C11H15NO3. The Morgan fingerprint density at radius 2 is 2.40 bits per heavy atom. The van der Waals surface area contributed by atoms with Crippen molar-refractivity contribution in [1.82, 2.24) is 5.32 Å². The van der Waals surface area contributed by atoms with Crippen molar-refractivity contribution in [2.75, 3.05) is 20.3 Å². The van der Waals surface area contributed by atoms with Gasteiger partial charge in [0.05, 0.1) is 6.61 Å². The van der Waals surface area contributed by atoms with Gasteiger partial charge in [-0.15, -0.1) is 0 Å². The standard InChI is InChI=1S/C11H15NO3/c1-3-4-9-5-6-10(15-9)11(13)12-7-8-14-2/h3-6H,7-8H2,1-2H3,(H,12,13)/b4-3+. The molecule has 0 aliphatic heterocycles. The molecule has 1 amide bonds. The maximum absolute atomic E-state index is 11.5. The third-order valence-corrected chi connectivity index (χ3v) is 1.77. The second kappa shape index (κ2) is 6.03. The van der Waals surface area contributed by atoms with E-state index in [0.717, 1.165) is 0 Å². The van der Waals surface area contributed by atoms with Crippen LogP contribution < -0.4 is 5.32 Å². The number of methoxy groups -OCH3 is 1. The molecule has 0 spiro atoms. The van der Waals surface area contributed by atoms with E-state index in [2.05, 4.69) is 5.32 Å². The molecule has 4 nitrogen and oxygen atoms in total. The summed E-state index contributed by atoms with van der Waals surface area (Å²) in [6, 6.07) is 3.41. The molecule has 1 aromatic rings. The van der Waals surface area contributed by atoms with Crippen molar-refractivity contribution < 1.29 is 13.9 Å². The van der Waals surface area contributed by atoms with Gasteiger partial charge in [0.1, 0.15) is 5.76 Å². The summed E-state index contributed by atoms with van der Waals surface area (Å²) in [4.78, 5) is 11.5. The topological polar surface area (TPSA) is 51.5 Å². The van der Waals surface area contributed by atoms with E-state index < -0.39 is 0 Å². The lowest BCUT2D eigenvalue weighted by molar-refractivity contribution is 0.0909. The first-order valence-electron chi connectivity index (χ1n) is 4.77. The van der Waals surface area contributed by atoms with Crippen LogP contribution >= 0.6 is 0 Å². The molecule has 0 saturated heterocycles. The van der Waals surface area contributed by atoms with Crippen LogP contribution in [0.3, 0.4) is 0 Å². The van der Waals surface area contributed by atoms with Crippen LogP contribution in [0.25, 0.3) is 6.08 Å². The number of allylic oxidation sites excluding steroid dienone is 1. The zero-order valence-corrected chi connectivity index (χ0v) is 8.95. The first-order chi connectivity index (χ1) is 7.27. The fourth-order valence-electron chi connectivity index (χ4n) is 1.08. The van der Waals surface area contributed by atoms with Gasteiger partial charge in [-0.2, -0.15) is 0 Å². The Kier molecular flexibility index (Phi) is 4.63. The van der Waals surface area contributed by atoms with E-state index in [-0.39, 0.29) is 5.91 Å². The summed E-state index contributed by atoms with van der Waals surface area (Å²) in [7, 11) is 1.59. The van der Waals surface area contributed by atoms with E-state index in [1.165, 1.54) is 0 Å². The first-order valence-corrected chi connectivity index (χ1v) is 4.77. The minimum Gasteiger partial charge on any atom is -0.452 e. The van der Waals surface area contributed by atoms with Gasteiger partial charge in [-0.1, -0.05) is 6.08 Å². The van der Waals surface area contributed by atoms with Crippen molar-refractivity contribution >= 4 is 12.0 Å². The molecule has 82 valence electrons. The Bertz CT molecular complexity index is 341. The van der Waals surface area contributed by atoms with E-state index in [0.29, 0.717) is 24.7 Å². The monoisotopic (exact) mass is 209 g/mol. The van der Waals surface area contributed by atoms with Crippen LogP contribution in [0.4, 0.5) is 0 Å². The molecule has 15 heavy (non-hydrogen) atoms. The molecule has 1 rings (SSSR count). The molecule has 0 aromatic carbocycles. The Morgan fingerprint density at radius 1 is 1.60 bits per heavy atom. The van der Waals surface area contributed by atoms with Crippen LogP contribution in [-0.4, -0.2) is 26.2 Å². The lowest BCUT2D eigenvalue weighted by atomic mass is 10.4. The average molecular weight is 209 g/mol. The molecule has 0 unspecified atom stereocenters. The third kappa shape index (κ3) is 3.59. The normalized spacial score (nSPS) is 10.8. The molecule has 0 saturated carbocycles. The molecule has 0 atom stereocenters. The smallest absolute Gasteiger partial charge is 0.287 e. The molecular weight excluding hydrogens is 194 g/mol. The molecule has 0 fully saturated rings. The van der Waals surface area contributed by atoms with Gasteiger partial charge in [0.15, 0.2) is 5.76 Å². The Morgan fingerprint density at radius 3 is 3.07 bits per heavy atom. The molecule has 1 aromatic heterocycles. The van der Waals surface area contributed by atoms with E-state index in [9.17, 15) is 4.79 Å². The van der Waals surface area contributed by atoms with E-state index >= 15 is 0 Å². The number of hydrogen-bond acceptors (Lipinski definition) is 3. The highest BCUT2D eigenvalue weighted by atomic mass is 16.5. The van der Waals surface area contributed by atoms with E-state index in [1.54, 1.807) is 25.3 Å². The molecule has 0 bridgehead atoms. The van der Waals surface area contributed by atoms with Gasteiger partial charge in [-0.3, -0.25) is 4.79 Å². The number of hydrogen-bond donors (Lipinski definition) is 1. The minimum atomic E-state index is -0.220. The lowest BCUT2D eigenvalue weighted by Crippen LogP contribution is -2.26. The van der Waals surface area contributed by atoms with Gasteiger partial charge >= 0.3 is 0 Å². The summed E-state index contributed by atoms with van der Waals surface area (Å²) in [5.74, 6) is 0.774. The van der Waals surface area contributed by atoms with Crippen LogP contribution in [0.5, 0.6) is 0 Å². The zero-order valence-electron chi connectivity index (χ0n) is 8.95. The molecule has 0 aliphatic rings. The fourth-order valence-corrected chi connectivity index (χ4v) is 1.08. The zero-order chi connectivity index (χ0) is 11.1. The highest BCUT2D eigenvalue weighted by Crippen LogP contribution is 2.09. The van der Waals surface area contributed by atoms with Gasteiger partial charge in [-0.25, -0.2) is 0 Å². The quantitative estimate of drug-likeness (QED) is 0.751. The van der Waals surface area contributed by atoms with Gasteiger partial charge in [0, 0.05) is 13.7 Å². The summed E-state index contributed by atoms with van der Waals surface area (Å²) in [5, 5.41) is 2.67. The summed E-state index contributed by atoms with van der Waals surface area (Å²) in [6.45, 7) is 2.87. The predicted molar refractivity (Wildman–Crippen MR) is 57.6 cm³/mol. The summed E-state index contributed by atoms with van der Waals surface area (Å²) < 4.78 is 10.1. The third-order valence-electron chi connectivity index (χ3n) is 1.77.